The fourth-order valence-corrected chi connectivity index (χ4v) is 2.15. The highest BCUT2D eigenvalue weighted by Gasteiger charge is 2.19. The van der Waals surface area contributed by atoms with Gasteiger partial charge in [0, 0.05) is 0 Å². The maximum absolute atomic E-state index is 9.71. The Balaban J connectivity index is 3.21. The highest BCUT2D eigenvalue weighted by molar-refractivity contribution is 5.44. The Hall–Kier alpha value is -0.980. The van der Waals surface area contributed by atoms with Gasteiger partial charge < -0.3 is 5.11 Å². The summed E-state index contributed by atoms with van der Waals surface area (Å²) in [5.41, 5.74) is 4.04. The van der Waals surface area contributed by atoms with Crippen molar-refractivity contribution in [2.75, 3.05) is 0 Å². The largest absolute Gasteiger partial charge is 0.508 e. The van der Waals surface area contributed by atoms with Crippen LogP contribution < -0.4 is 0 Å². The van der Waals surface area contributed by atoms with Crippen molar-refractivity contribution in [2.45, 2.75) is 59.3 Å². The van der Waals surface area contributed by atoms with Crippen molar-refractivity contribution >= 4 is 0 Å². The molecule has 1 rings (SSSR count). The third kappa shape index (κ3) is 3.01. The molecule has 0 atom stereocenters. The molecule has 0 aliphatic rings. The van der Waals surface area contributed by atoms with E-state index in [4.69, 9.17) is 0 Å². The molecule has 1 heteroatoms. The maximum Gasteiger partial charge on any atom is 0.116 e. The summed E-state index contributed by atoms with van der Waals surface area (Å²) in [6.45, 7) is 10.9. The quantitative estimate of drug-likeness (QED) is 0.803. The summed E-state index contributed by atoms with van der Waals surface area (Å²) in [5.74, 6) is 0.391. The molecule has 0 unspecified atom stereocenters. The molecule has 0 saturated heterocycles. The predicted octanol–water partition coefficient (Wildman–Crippen LogP) is 4.34. The normalized spacial score (nSPS) is 11.8. The molecule has 0 aromatic heterocycles. The summed E-state index contributed by atoms with van der Waals surface area (Å²) in [7, 11) is 0. The van der Waals surface area contributed by atoms with Gasteiger partial charge in [0.1, 0.15) is 5.75 Å². The number of aromatic hydroxyl groups is 1. The highest BCUT2D eigenvalue weighted by atomic mass is 16.3. The second-order valence-electron chi connectivity index (χ2n) is 5.64. The van der Waals surface area contributed by atoms with E-state index in [1.165, 1.54) is 29.5 Å². The zero-order valence-corrected chi connectivity index (χ0v) is 11.2. The SMILES string of the molecule is CCCCc1c(C)cc(O)cc1C(C)(C)C. The standard InChI is InChI=1S/C15H24O/c1-6-7-8-13-11(2)9-12(16)10-14(13)15(3,4)5/h9-10,16H,6-8H2,1-5H3. The molecule has 1 aromatic rings. The van der Waals surface area contributed by atoms with Gasteiger partial charge in [-0.25, -0.2) is 0 Å². The van der Waals surface area contributed by atoms with Crippen molar-refractivity contribution in [3.63, 3.8) is 0 Å². The number of phenolic OH excluding ortho intramolecular Hbond substituents is 1. The number of aryl methyl sites for hydroxylation is 1. The zero-order chi connectivity index (χ0) is 12.3. The lowest BCUT2D eigenvalue weighted by molar-refractivity contribution is 0.469. The van der Waals surface area contributed by atoms with Gasteiger partial charge in [0.15, 0.2) is 0 Å². The van der Waals surface area contributed by atoms with E-state index in [2.05, 4.69) is 34.6 Å². The van der Waals surface area contributed by atoms with E-state index < -0.39 is 0 Å². The van der Waals surface area contributed by atoms with Crippen LogP contribution in [-0.2, 0) is 11.8 Å². The minimum Gasteiger partial charge on any atom is -0.508 e. The molecule has 90 valence electrons. The molecule has 0 bridgehead atoms. The van der Waals surface area contributed by atoms with Gasteiger partial charge in [-0.1, -0.05) is 34.1 Å². The second-order valence-corrected chi connectivity index (χ2v) is 5.64. The molecule has 0 aliphatic carbocycles. The Bertz CT molecular complexity index is 358. The molecule has 0 heterocycles. The second kappa shape index (κ2) is 4.90. The molecule has 0 aliphatic heterocycles. The lowest BCUT2D eigenvalue weighted by atomic mass is 9.80. The van der Waals surface area contributed by atoms with Crippen LogP contribution in [0.4, 0.5) is 0 Å². The minimum atomic E-state index is 0.104. The van der Waals surface area contributed by atoms with Crippen molar-refractivity contribution in [1.82, 2.24) is 0 Å². The lowest BCUT2D eigenvalue weighted by Gasteiger charge is -2.25. The Labute approximate surface area is 99.5 Å². The third-order valence-electron chi connectivity index (χ3n) is 3.05. The van der Waals surface area contributed by atoms with Crippen LogP contribution in [0.25, 0.3) is 0 Å². The molecule has 0 radical (unpaired) electrons. The molecule has 0 fully saturated rings. The van der Waals surface area contributed by atoms with Gasteiger partial charge >= 0.3 is 0 Å². The van der Waals surface area contributed by atoms with Crippen LogP contribution in [0.2, 0.25) is 0 Å². The Morgan fingerprint density at radius 1 is 1.19 bits per heavy atom. The first-order valence-corrected chi connectivity index (χ1v) is 6.19. The lowest BCUT2D eigenvalue weighted by Crippen LogP contribution is -2.15. The van der Waals surface area contributed by atoms with E-state index in [0.717, 1.165) is 6.42 Å². The number of hydrogen-bond donors (Lipinski definition) is 1. The van der Waals surface area contributed by atoms with Gasteiger partial charge in [0.05, 0.1) is 0 Å². The topological polar surface area (TPSA) is 20.2 Å². The molecular weight excluding hydrogens is 196 g/mol. The summed E-state index contributed by atoms with van der Waals surface area (Å²) in [6.07, 6.45) is 3.55. The first kappa shape index (κ1) is 13.1. The van der Waals surface area contributed by atoms with E-state index >= 15 is 0 Å². The fourth-order valence-electron chi connectivity index (χ4n) is 2.15. The summed E-state index contributed by atoms with van der Waals surface area (Å²) >= 11 is 0. The van der Waals surface area contributed by atoms with Crippen LogP contribution in [0.5, 0.6) is 5.75 Å². The van der Waals surface area contributed by atoms with Crippen molar-refractivity contribution in [3.05, 3.63) is 28.8 Å². The summed E-state index contributed by atoms with van der Waals surface area (Å²) in [5, 5.41) is 9.71. The van der Waals surface area contributed by atoms with Crippen molar-refractivity contribution < 1.29 is 5.11 Å². The van der Waals surface area contributed by atoms with Crippen LogP contribution in [0.15, 0.2) is 12.1 Å². The van der Waals surface area contributed by atoms with Crippen LogP contribution in [0.1, 0.15) is 57.2 Å². The van der Waals surface area contributed by atoms with Crippen LogP contribution in [0, 0.1) is 6.92 Å². The molecule has 16 heavy (non-hydrogen) atoms. The highest BCUT2D eigenvalue weighted by Crippen LogP contribution is 2.32. The molecular formula is C15H24O. The molecule has 1 nitrogen and oxygen atoms in total. The van der Waals surface area contributed by atoms with E-state index in [9.17, 15) is 5.11 Å². The number of benzene rings is 1. The van der Waals surface area contributed by atoms with Crippen LogP contribution in [-0.4, -0.2) is 5.11 Å². The van der Waals surface area contributed by atoms with Gasteiger partial charge in [0.2, 0.25) is 0 Å². The summed E-state index contributed by atoms with van der Waals surface area (Å²) in [4.78, 5) is 0. The van der Waals surface area contributed by atoms with Crippen LogP contribution in [0.3, 0.4) is 0 Å². The third-order valence-corrected chi connectivity index (χ3v) is 3.05. The molecule has 0 saturated carbocycles. The molecule has 0 spiro atoms. The van der Waals surface area contributed by atoms with Crippen molar-refractivity contribution in [3.8, 4) is 5.75 Å². The van der Waals surface area contributed by atoms with E-state index in [-0.39, 0.29) is 5.41 Å². The van der Waals surface area contributed by atoms with Gasteiger partial charge in [-0.3, -0.25) is 0 Å². The number of rotatable bonds is 3. The van der Waals surface area contributed by atoms with E-state index in [1.54, 1.807) is 0 Å². The van der Waals surface area contributed by atoms with E-state index in [0.29, 0.717) is 5.75 Å². The fraction of sp³-hybridized carbons (Fsp3) is 0.600. The Morgan fingerprint density at radius 3 is 2.31 bits per heavy atom. The zero-order valence-electron chi connectivity index (χ0n) is 11.2. The van der Waals surface area contributed by atoms with E-state index in [1.807, 2.05) is 12.1 Å². The smallest absolute Gasteiger partial charge is 0.116 e. The predicted molar refractivity (Wildman–Crippen MR) is 70.2 cm³/mol. The Kier molecular flexibility index (Phi) is 4.01. The molecule has 1 N–H and O–H groups in total. The minimum absolute atomic E-state index is 0.104. The summed E-state index contributed by atoms with van der Waals surface area (Å²) in [6, 6.07) is 3.80. The van der Waals surface area contributed by atoms with Gasteiger partial charge in [-0.05, 0) is 54.0 Å². The molecule has 1 aromatic carbocycles. The number of unbranched alkanes of at least 4 members (excludes halogenated alkanes) is 1. The van der Waals surface area contributed by atoms with Gasteiger partial charge in [0.25, 0.3) is 0 Å². The first-order valence-electron chi connectivity index (χ1n) is 6.19. The maximum atomic E-state index is 9.71. The van der Waals surface area contributed by atoms with Gasteiger partial charge in [-0.15, -0.1) is 0 Å². The monoisotopic (exact) mass is 220 g/mol. The Morgan fingerprint density at radius 2 is 1.81 bits per heavy atom. The molecule has 0 amide bonds. The average Bonchev–Trinajstić information content (AvgIpc) is 2.14. The van der Waals surface area contributed by atoms with Crippen LogP contribution >= 0.6 is 0 Å². The van der Waals surface area contributed by atoms with Gasteiger partial charge in [-0.2, -0.15) is 0 Å². The van der Waals surface area contributed by atoms with Crippen molar-refractivity contribution in [1.29, 1.82) is 0 Å². The summed E-state index contributed by atoms with van der Waals surface area (Å²) < 4.78 is 0. The number of phenols is 1. The van der Waals surface area contributed by atoms with Crippen molar-refractivity contribution in [2.24, 2.45) is 0 Å². The number of hydrogen-bond acceptors (Lipinski definition) is 1. The average molecular weight is 220 g/mol. The first-order chi connectivity index (χ1) is 7.36.